The molecule has 0 radical (unpaired) electrons. The number of methoxy groups -OCH3 is 3. The van der Waals surface area contributed by atoms with Crippen molar-refractivity contribution in [3.8, 4) is 34.7 Å². The Hall–Kier alpha value is -2.96. The molecule has 8 nitrogen and oxygen atoms in total. The Balaban J connectivity index is 1.44. The second-order valence-electron chi connectivity index (χ2n) is 9.44. The molecule has 2 unspecified atom stereocenters. The van der Waals surface area contributed by atoms with E-state index in [1.165, 1.54) is 12.8 Å². The predicted octanol–water partition coefficient (Wildman–Crippen LogP) is 4.07. The zero-order valence-electron chi connectivity index (χ0n) is 19.6. The first kappa shape index (κ1) is 21.6. The maximum atomic E-state index is 9.41. The molecule has 3 heterocycles. The van der Waals surface area contributed by atoms with E-state index in [0.29, 0.717) is 40.7 Å². The van der Waals surface area contributed by atoms with Gasteiger partial charge in [-0.15, -0.1) is 16.4 Å². The molecular formula is C25H28N4O4S. The van der Waals surface area contributed by atoms with Crippen molar-refractivity contribution in [3.05, 3.63) is 23.1 Å². The highest BCUT2D eigenvalue weighted by atomic mass is 32.1. The van der Waals surface area contributed by atoms with Gasteiger partial charge in [-0.2, -0.15) is 5.26 Å². The number of nitrogens with zero attached hydrogens (tertiary/aromatic N) is 4. The fourth-order valence-electron chi connectivity index (χ4n) is 5.36. The number of thiazole rings is 1. The smallest absolute Gasteiger partial charge is 0.258 e. The van der Waals surface area contributed by atoms with Crippen LogP contribution in [0.3, 0.4) is 0 Å². The van der Waals surface area contributed by atoms with Gasteiger partial charge in [0, 0.05) is 18.5 Å². The van der Waals surface area contributed by atoms with Crippen LogP contribution in [0.5, 0.6) is 17.4 Å². The minimum absolute atomic E-state index is 0.484. The quantitative estimate of drug-likeness (QED) is 0.457. The van der Waals surface area contributed by atoms with Gasteiger partial charge in [-0.3, -0.25) is 0 Å². The van der Waals surface area contributed by atoms with Crippen molar-refractivity contribution in [2.24, 2.45) is 23.7 Å². The van der Waals surface area contributed by atoms with Gasteiger partial charge in [0.1, 0.15) is 22.0 Å². The van der Waals surface area contributed by atoms with E-state index in [9.17, 15) is 5.26 Å². The third-order valence-corrected chi connectivity index (χ3v) is 8.37. The Kier molecular flexibility index (Phi) is 5.30. The van der Waals surface area contributed by atoms with Gasteiger partial charge in [-0.25, -0.2) is 4.52 Å². The molecule has 6 rings (SSSR count). The number of benzene rings is 1. The van der Waals surface area contributed by atoms with Gasteiger partial charge in [0.2, 0.25) is 0 Å². The Morgan fingerprint density at radius 2 is 1.82 bits per heavy atom. The van der Waals surface area contributed by atoms with E-state index in [4.69, 9.17) is 24.0 Å². The second kappa shape index (κ2) is 8.36. The zero-order chi connectivity index (χ0) is 23.4. The van der Waals surface area contributed by atoms with E-state index in [1.807, 2.05) is 4.52 Å². The zero-order valence-corrected chi connectivity index (χ0v) is 20.4. The summed E-state index contributed by atoms with van der Waals surface area (Å²) in [5, 5.41) is 16.4. The van der Waals surface area contributed by atoms with Crippen LogP contribution in [0.25, 0.3) is 16.1 Å². The van der Waals surface area contributed by atoms with Gasteiger partial charge in [0.15, 0.2) is 0 Å². The first-order chi connectivity index (χ1) is 16.7. The molecule has 0 amide bonds. The fraction of sp³-hybridized carbons (Fsp3) is 0.520. The molecule has 178 valence electrons. The monoisotopic (exact) mass is 480 g/mol. The summed E-state index contributed by atoms with van der Waals surface area (Å²) in [6.07, 6.45) is 2.58. The first-order valence-corrected chi connectivity index (χ1v) is 12.6. The van der Waals surface area contributed by atoms with Crippen molar-refractivity contribution in [2.75, 3.05) is 52.5 Å². The van der Waals surface area contributed by atoms with Crippen LogP contribution < -0.4 is 19.1 Å². The topological polar surface area (TPSA) is 81.2 Å². The first-order valence-electron chi connectivity index (χ1n) is 11.7. The lowest BCUT2D eigenvalue weighted by Crippen LogP contribution is -2.29. The summed E-state index contributed by atoms with van der Waals surface area (Å²) >= 11 is 1.64. The normalized spacial score (nSPS) is 22.9. The van der Waals surface area contributed by atoms with Gasteiger partial charge >= 0.3 is 0 Å². The van der Waals surface area contributed by atoms with Crippen LogP contribution in [-0.2, 0) is 4.74 Å². The Bertz CT molecular complexity index is 1240. The number of aromatic nitrogens is 2. The summed E-state index contributed by atoms with van der Waals surface area (Å²) in [5.74, 6) is 4.62. The third-order valence-electron chi connectivity index (χ3n) is 7.44. The highest BCUT2D eigenvalue weighted by Crippen LogP contribution is 2.53. The molecule has 1 saturated heterocycles. The van der Waals surface area contributed by atoms with Crippen molar-refractivity contribution < 1.29 is 18.9 Å². The van der Waals surface area contributed by atoms with E-state index < -0.39 is 0 Å². The molecule has 2 atom stereocenters. The van der Waals surface area contributed by atoms with Gasteiger partial charge in [-0.05, 0) is 48.6 Å². The number of fused-ring (bicyclic) bond motifs is 2. The third kappa shape index (κ3) is 3.48. The molecule has 0 N–H and O–H groups in total. The van der Waals surface area contributed by atoms with Crippen LogP contribution in [0.15, 0.2) is 17.5 Å². The number of hydrogen-bond donors (Lipinski definition) is 0. The van der Waals surface area contributed by atoms with Gasteiger partial charge in [0.05, 0.1) is 57.4 Å². The van der Waals surface area contributed by atoms with E-state index in [0.717, 1.165) is 54.0 Å². The molecular weight excluding hydrogens is 452 g/mol. The molecule has 2 saturated carbocycles. The number of nitriles is 1. The van der Waals surface area contributed by atoms with Gasteiger partial charge in [-0.1, -0.05) is 0 Å². The van der Waals surface area contributed by atoms with Crippen molar-refractivity contribution in [3.63, 3.8) is 0 Å². The number of ether oxygens (including phenoxy) is 4. The van der Waals surface area contributed by atoms with Crippen molar-refractivity contribution in [2.45, 2.75) is 12.8 Å². The Labute approximate surface area is 202 Å². The molecule has 9 heteroatoms. The summed E-state index contributed by atoms with van der Waals surface area (Å²) in [7, 11) is 4.89. The summed E-state index contributed by atoms with van der Waals surface area (Å²) < 4.78 is 24.7. The summed E-state index contributed by atoms with van der Waals surface area (Å²) in [5.41, 5.74) is 3.18. The van der Waals surface area contributed by atoms with Crippen molar-refractivity contribution >= 4 is 21.9 Å². The minimum atomic E-state index is 0.484. The van der Waals surface area contributed by atoms with Gasteiger partial charge < -0.3 is 23.8 Å². The van der Waals surface area contributed by atoms with Crippen LogP contribution in [0.1, 0.15) is 18.4 Å². The maximum Gasteiger partial charge on any atom is 0.258 e. The molecule has 0 bridgehead atoms. The summed E-state index contributed by atoms with van der Waals surface area (Å²) in [6.45, 7) is 3.85. The van der Waals surface area contributed by atoms with E-state index in [1.54, 1.807) is 44.8 Å². The lowest BCUT2D eigenvalue weighted by Gasteiger charge is -2.25. The Morgan fingerprint density at radius 3 is 2.41 bits per heavy atom. The fourth-order valence-corrected chi connectivity index (χ4v) is 6.37. The largest absolute Gasteiger partial charge is 0.496 e. The molecule has 2 aliphatic carbocycles. The van der Waals surface area contributed by atoms with Crippen LogP contribution in [0.2, 0.25) is 0 Å². The number of anilines is 1. The SMILES string of the molecule is COc1cc(C#N)cc(OC)c1-c1csc2c(N(CC3CC3)CC3C4COCC43)c(OC)nn12. The summed E-state index contributed by atoms with van der Waals surface area (Å²) in [4.78, 5) is 3.55. The average molecular weight is 481 g/mol. The van der Waals surface area contributed by atoms with Crippen LogP contribution >= 0.6 is 11.3 Å². The van der Waals surface area contributed by atoms with Crippen molar-refractivity contribution in [1.82, 2.24) is 9.61 Å². The maximum absolute atomic E-state index is 9.41. The molecule has 3 aliphatic rings. The average Bonchev–Trinajstić information content (AvgIpc) is 3.60. The lowest BCUT2D eigenvalue weighted by atomic mass is 10.1. The van der Waals surface area contributed by atoms with Gasteiger partial charge in [0.25, 0.3) is 5.88 Å². The number of rotatable bonds is 9. The van der Waals surface area contributed by atoms with Crippen LogP contribution in [0.4, 0.5) is 5.69 Å². The van der Waals surface area contributed by atoms with E-state index in [2.05, 4.69) is 16.3 Å². The van der Waals surface area contributed by atoms with Crippen LogP contribution in [0, 0.1) is 35.0 Å². The standard InChI is InChI=1S/C25H28N4O4S/c1-30-20-6-15(8-26)7-21(31-2)22(20)19-13-34-25-23(24(32-3)27-29(19)25)28(9-14-4-5-14)10-16-17-11-33-12-18(16)17/h6-7,13-14,16-18H,4-5,9-12H2,1-3H3. The molecule has 3 fully saturated rings. The molecule has 34 heavy (non-hydrogen) atoms. The lowest BCUT2D eigenvalue weighted by molar-refractivity contribution is 0.152. The minimum Gasteiger partial charge on any atom is -0.496 e. The van der Waals surface area contributed by atoms with Crippen LogP contribution in [-0.4, -0.2) is 57.2 Å². The second-order valence-corrected chi connectivity index (χ2v) is 10.3. The Morgan fingerprint density at radius 1 is 1.12 bits per heavy atom. The molecule has 1 aromatic carbocycles. The molecule has 0 spiro atoms. The van der Waals surface area contributed by atoms with E-state index >= 15 is 0 Å². The molecule has 3 aromatic rings. The molecule has 1 aliphatic heterocycles. The summed E-state index contributed by atoms with van der Waals surface area (Å²) in [6, 6.07) is 5.64. The van der Waals surface area contributed by atoms with Crippen molar-refractivity contribution in [1.29, 1.82) is 5.26 Å². The highest BCUT2D eigenvalue weighted by molar-refractivity contribution is 7.16. The highest BCUT2D eigenvalue weighted by Gasteiger charge is 2.54. The molecule has 2 aromatic heterocycles. The predicted molar refractivity (Wildman–Crippen MR) is 129 cm³/mol. The number of hydrogen-bond acceptors (Lipinski definition) is 8. The van der Waals surface area contributed by atoms with E-state index in [-0.39, 0.29) is 0 Å².